The maximum absolute atomic E-state index is 12.7. The van der Waals surface area contributed by atoms with Gasteiger partial charge in [-0.3, -0.25) is 10.0 Å². The third-order valence-electron chi connectivity index (χ3n) is 5.00. The van der Waals surface area contributed by atoms with Crippen molar-refractivity contribution in [2.24, 2.45) is 0 Å². The van der Waals surface area contributed by atoms with E-state index in [0.717, 1.165) is 27.3 Å². The number of hydrogen-bond acceptors (Lipinski definition) is 8. The van der Waals surface area contributed by atoms with Crippen molar-refractivity contribution in [3.8, 4) is 16.2 Å². The van der Waals surface area contributed by atoms with E-state index >= 15 is 0 Å². The Morgan fingerprint density at radius 2 is 1.79 bits per heavy atom. The summed E-state index contributed by atoms with van der Waals surface area (Å²) in [5.41, 5.74) is 3.56. The lowest BCUT2D eigenvalue weighted by molar-refractivity contribution is -0.133. The van der Waals surface area contributed by atoms with E-state index in [4.69, 9.17) is 5.21 Å². The van der Waals surface area contributed by atoms with Gasteiger partial charge in [0, 0.05) is 11.3 Å². The molecule has 10 nitrogen and oxygen atoms in total. The average Bonchev–Trinajstić information content (AvgIpc) is 3.53. The Labute approximate surface area is 199 Å². The number of benzene rings is 2. The molecule has 0 aliphatic rings. The number of phenolic OH excluding ortho intramolecular Hbond substituents is 1. The van der Waals surface area contributed by atoms with Crippen LogP contribution in [0, 0.1) is 0 Å². The molecule has 0 saturated heterocycles. The Hall–Kier alpha value is -3.58. The van der Waals surface area contributed by atoms with Gasteiger partial charge in [-0.1, -0.05) is 47.7 Å². The number of nitrogens with one attached hydrogen (secondary N) is 2. The molecule has 4 rings (SSSR count). The molecule has 2 aromatic carbocycles. The van der Waals surface area contributed by atoms with Crippen LogP contribution in [-0.2, 0) is 27.8 Å². The maximum atomic E-state index is 12.7. The molecule has 176 valence electrons. The number of amides is 1. The van der Waals surface area contributed by atoms with Crippen LogP contribution >= 0.6 is 11.3 Å². The molecule has 1 atom stereocenters. The number of aromatic nitrogens is 3. The molecule has 0 radical (unpaired) electrons. The Morgan fingerprint density at radius 1 is 1.06 bits per heavy atom. The minimum Gasteiger partial charge on any atom is -0.508 e. The molecular weight excluding hydrogens is 478 g/mol. The summed E-state index contributed by atoms with van der Waals surface area (Å²) < 4.78 is 29.4. The number of hydrogen-bond donors (Lipinski definition) is 4. The van der Waals surface area contributed by atoms with Crippen molar-refractivity contribution in [3.63, 3.8) is 0 Å². The van der Waals surface area contributed by atoms with E-state index in [1.54, 1.807) is 29.7 Å². The van der Waals surface area contributed by atoms with Crippen molar-refractivity contribution in [1.82, 2.24) is 25.2 Å². The zero-order valence-electron chi connectivity index (χ0n) is 17.7. The maximum Gasteiger partial charge on any atom is 0.268 e. The molecule has 34 heavy (non-hydrogen) atoms. The minimum atomic E-state index is -3.78. The highest BCUT2D eigenvalue weighted by atomic mass is 32.2. The van der Waals surface area contributed by atoms with Crippen LogP contribution in [0.4, 0.5) is 0 Å². The van der Waals surface area contributed by atoms with Crippen molar-refractivity contribution in [1.29, 1.82) is 0 Å². The van der Waals surface area contributed by atoms with Crippen molar-refractivity contribution in [2.75, 3.05) is 0 Å². The quantitative estimate of drug-likeness (QED) is 0.204. The molecule has 0 bridgehead atoms. The van der Waals surface area contributed by atoms with Crippen LogP contribution in [0.1, 0.15) is 17.3 Å². The first-order chi connectivity index (χ1) is 16.4. The average molecular weight is 500 g/mol. The summed E-state index contributed by atoms with van der Waals surface area (Å²) >= 11 is 1.16. The predicted molar refractivity (Wildman–Crippen MR) is 125 cm³/mol. The molecule has 2 heterocycles. The predicted octanol–water partition coefficient (Wildman–Crippen LogP) is 2.48. The van der Waals surface area contributed by atoms with Crippen LogP contribution in [0.5, 0.6) is 5.75 Å². The third kappa shape index (κ3) is 5.48. The molecule has 1 unspecified atom stereocenters. The summed E-state index contributed by atoms with van der Waals surface area (Å²) in [6.07, 6.45) is 1.60. The number of carbonyl (C=O) groups excluding carboxylic acids is 1. The largest absolute Gasteiger partial charge is 0.508 e. The van der Waals surface area contributed by atoms with E-state index < -0.39 is 22.0 Å². The minimum absolute atomic E-state index is 0.0869. The van der Waals surface area contributed by atoms with Gasteiger partial charge in [0.2, 0.25) is 10.0 Å². The highest BCUT2D eigenvalue weighted by Gasteiger charge is 2.23. The van der Waals surface area contributed by atoms with E-state index in [9.17, 15) is 18.3 Å². The summed E-state index contributed by atoms with van der Waals surface area (Å²) in [5.74, 6) is -0.624. The molecule has 0 aliphatic heterocycles. The first-order valence-corrected chi connectivity index (χ1v) is 12.4. The van der Waals surface area contributed by atoms with Gasteiger partial charge in [0.15, 0.2) is 0 Å². The van der Waals surface area contributed by atoms with E-state index in [2.05, 4.69) is 15.0 Å². The number of aromatic hydroxyl groups is 1. The normalized spacial score (nSPS) is 12.4. The van der Waals surface area contributed by atoms with E-state index in [1.807, 2.05) is 30.3 Å². The van der Waals surface area contributed by atoms with Gasteiger partial charge < -0.3 is 5.11 Å². The Bertz CT molecular complexity index is 1370. The molecule has 0 fully saturated rings. The fourth-order valence-corrected chi connectivity index (χ4v) is 5.60. The topological polar surface area (TPSA) is 146 Å². The number of carbonyl (C=O) groups is 1. The summed E-state index contributed by atoms with van der Waals surface area (Å²) in [7, 11) is -3.78. The molecule has 0 saturated carbocycles. The Balaban J connectivity index is 1.45. The lowest BCUT2D eigenvalue weighted by Crippen LogP contribution is -2.32. The standard InChI is InChI=1S/C22H21N5O5S2/c28-18-8-6-15(7-9-18)12-19(22(29)25-30)27-14-17(24-26-27)13-23-34(31,32)21-11-10-20(33-21)16-4-2-1-3-5-16/h1-11,14,19,23,28,30H,12-13H2,(H,25,29). The fourth-order valence-electron chi connectivity index (χ4n) is 3.25. The summed E-state index contributed by atoms with van der Waals surface area (Å²) in [6.45, 7) is -0.131. The van der Waals surface area contributed by atoms with Crippen molar-refractivity contribution in [3.05, 3.63) is 84.2 Å². The SMILES string of the molecule is O=C(NO)C(Cc1ccc(O)cc1)n1cc(CNS(=O)(=O)c2ccc(-c3ccccc3)s2)nn1. The molecule has 0 spiro atoms. The van der Waals surface area contributed by atoms with Crippen LogP contribution < -0.4 is 10.2 Å². The lowest BCUT2D eigenvalue weighted by Gasteiger charge is -2.14. The van der Waals surface area contributed by atoms with Gasteiger partial charge in [-0.05, 0) is 35.4 Å². The van der Waals surface area contributed by atoms with Gasteiger partial charge in [0.25, 0.3) is 5.91 Å². The van der Waals surface area contributed by atoms with Crippen molar-refractivity contribution >= 4 is 27.3 Å². The monoisotopic (exact) mass is 499 g/mol. The smallest absolute Gasteiger partial charge is 0.268 e. The second-order valence-electron chi connectivity index (χ2n) is 7.36. The van der Waals surface area contributed by atoms with Crippen LogP contribution in [0.2, 0.25) is 0 Å². The number of nitrogens with zero attached hydrogens (tertiary/aromatic N) is 3. The van der Waals surface area contributed by atoms with Gasteiger partial charge in [-0.2, -0.15) is 0 Å². The van der Waals surface area contributed by atoms with Crippen molar-refractivity contribution < 1.29 is 23.5 Å². The molecule has 2 aromatic heterocycles. The second-order valence-corrected chi connectivity index (χ2v) is 10.4. The molecule has 4 aromatic rings. The number of rotatable bonds is 9. The van der Waals surface area contributed by atoms with Gasteiger partial charge in [-0.15, -0.1) is 16.4 Å². The van der Waals surface area contributed by atoms with Gasteiger partial charge in [0.05, 0.1) is 18.4 Å². The zero-order chi connectivity index (χ0) is 24.1. The molecule has 4 N–H and O–H groups in total. The second kappa shape index (κ2) is 10.1. The van der Waals surface area contributed by atoms with E-state index in [0.29, 0.717) is 5.69 Å². The van der Waals surface area contributed by atoms with E-state index in [1.165, 1.54) is 23.0 Å². The van der Waals surface area contributed by atoms with Crippen LogP contribution in [0.25, 0.3) is 10.4 Å². The summed E-state index contributed by atoms with van der Waals surface area (Å²) in [4.78, 5) is 13.0. The Kier molecular flexibility index (Phi) is 7.03. The molecule has 12 heteroatoms. The summed E-state index contributed by atoms with van der Waals surface area (Å²) in [5, 5.41) is 26.4. The third-order valence-corrected chi connectivity index (χ3v) is 8.03. The highest BCUT2D eigenvalue weighted by Crippen LogP contribution is 2.30. The van der Waals surface area contributed by atoms with Crippen LogP contribution in [0.3, 0.4) is 0 Å². The van der Waals surface area contributed by atoms with Gasteiger partial charge in [0.1, 0.15) is 16.0 Å². The first kappa shape index (κ1) is 23.6. The lowest BCUT2D eigenvalue weighted by atomic mass is 10.1. The first-order valence-electron chi connectivity index (χ1n) is 10.1. The van der Waals surface area contributed by atoms with Gasteiger partial charge in [-0.25, -0.2) is 23.3 Å². The van der Waals surface area contributed by atoms with Crippen LogP contribution in [0.15, 0.2) is 77.1 Å². The fraction of sp³-hybridized carbons (Fsp3) is 0.136. The number of sulfonamides is 1. The molecule has 1 amide bonds. The van der Waals surface area contributed by atoms with Gasteiger partial charge >= 0.3 is 0 Å². The van der Waals surface area contributed by atoms with Crippen LogP contribution in [-0.4, -0.2) is 39.6 Å². The van der Waals surface area contributed by atoms with E-state index in [-0.39, 0.29) is 22.9 Å². The number of hydroxylamine groups is 1. The number of phenols is 1. The molecule has 0 aliphatic carbocycles. The highest BCUT2D eigenvalue weighted by molar-refractivity contribution is 7.91. The number of thiophene rings is 1. The van der Waals surface area contributed by atoms with Crippen molar-refractivity contribution in [2.45, 2.75) is 23.2 Å². The Morgan fingerprint density at radius 3 is 2.50 bits per heavy atom. The summed E-state index contributed by atoms with van der Waals surface area (Å²) in [6, 6.07) is 18.1. The zero-order valence-corrected chi connectivity index (χ0v) is 19.3. The molecular formula is C22H21N5O5S2.